The Kier molecular flexibility index (Phi) is 5.70. The van der Waals surface area contributed by atoms with Crippen molar-refractivity contribution < 1.29 is 4.79 Å². The number of nitrogens with one attached hydrogen (secondary N) is 2. The molecule has 0 aliphatic carbocycles. The maximum Gasteiger partial charge on any atom is 0.317 e. The van der Waals surface area contributed by atoms with Gasteiger partial charge in [0.1, 0.15) is 0 Å². The summed E-state index contributed by atoms with van der Waals surface area (Å²) in [4.78, 5) is 18.2. The quantitative estimate of drug-likeness (QED) is 0.626. The number of hydrogen-bond donors (Lipinski definition) is 2. The molecule has 0 saturated carbocycles. The third kappa shape index (κ3) is 4.07. The number of urea groups is 1. The first-order valence-electron chi connectivity index (χ1n) is 7.54. The maximum absolute atomic E-state index is 12.3. The Hall–Kier alpha value is -1.96. The van der Waals surface area contributed by atoms with Gasteiger partial charge in [0, 0.05) is 50.0 Å². The van der Waals surface area contributed by atoms with Crippen LogP contribution in [0.2, 0.25) is 0 Å². The zero-order chi connectivity index (χ0) is 17.0. The molecule has 7 nitrogen and oxygen atoms in total. The number of H-pyrrole nitrogens is 1. The second kappa shape index (κ2) is 7.54. The van der Waals surface area contributed by atoms with Crippen LogP contribution < -0.4 is 5.32 Å². The van der Waals surface area contributed by atoms with E-state index in [9.17, 15) is 4.79 Å². The van der Waals surface area contributed by atoms with Crippen molar-refractivity contribution in [1.82, 2.24) is 30.0 Å². The molecule has 2 amide bonds. The summed E-state index contributed by atoms with van der Waals surface area (Å²) in [6.07, 6.45) is 3.68. The molecule has 2 rings (SSSR count). The van der Waals surface area contributed by atoms with Crippen molar-refractivity contribution >= 4 is 17.8 Å². The van der Waals surface area contributed by atoms with Gasteiger partial charge in [-0.05, 0) is 20.8 Å². The predicted octanol–water partition coefficient (Wildman–Crippen LogP) is 2.25. The van der Waals surface area contributed by atoms with Crippen LogP contribution >= 0.6 is 11.8 Å². The monoisotopic (exact) mass is 336 g/mol. The molecule has 0 spiro atoms. The number of hydrogen-bond acceptors (Lipinski definition) is 4. The highest BCUT2D eigenvalue weighted by molar-refractivity contribution is 7.99. The van der Waals surface area contributed by atoms with Gasteiger partial charge >= 0.3 is 6.03 Å². The van der Waals surface area contributed by atoms with E-state index in [1.165, 1.54) is 0 Å². The molecule has 126 valence electrons. The number of amides is 2. The van der Waals surface area contributed by atoms with Gasteiger partial charge in [-0.1, -0.05) is 11.8 Å². The SMILES string of the molecule is Cc1n[nH]c(C)c1[C@H](C)N(C)C(=O)NCCSc1nccn1C. The smallest absolute Gasteiger partial charge is 0.317 e. The van der Waals surface area contributed by atoms with Gasteiger partial charge in [-0.2, -0.15) is 5.10 Å². The first kappa shape index (κ1) is 17.4. The van der Waals surface area contributed by atoms with E-state index in [0.29, 0.717) is 6.54 Å². The molecule has 2 aromatic rings. The average molecular weight is 336 g/mol. The lowest BCUT2D eigenvalue weighted by Crippen LogP contribution is -2.40. The van der Waals surface area contributed by atoms with Crippen molar-refractivity contribution in [3.05, 3.63) is 29.3 Å². The molecule has 0 saturated heterocycles. The van der Waals surface area contributed by atoms with Crippen LogP contribution in [0.4, 0.5) is 4.79 Å². The minimum absolute atomic E-state index is 0.0315. The van der Waals surface area contributed by atoms with Gasteiger partial charge in [-0.15, -0.1) is 0 Å². The summed E-state index contributed by atoms with van der Waals surface area (Å²) in [5, 5.41) is 11.1. The molecule has 2 heterocycles. The predicted molar refractivity (Wildman–Crippen MR) is 91.6 cm³/mol. The number of aryl methyl sites for hydroxylation is 3. The molecule has 23 heavy (non-hydrogen) atoms. The highest BCUT2D eigenvalue weighted by Crippen LogP contribution is 2.23. The van der Waals surface area contributed by atoms with Crippen molar-refractivity contribution in [3.8, 4) is 0 Å². The second-order valence-electron chi connectivity index (χ2n) is 5.54. The lowest BCUT2D eigenvalue weighted by Gasteiger charge is -2.25. The normalized spacial score (nSPS) is 12.2. The molecular formula is C15H24N6OS. The summed E-state index contributed by atoms with van der Waals surface area (Å²) < 4.78 is 1.96. The van der Waals surface area contributed by atoms with Gasteiger partial charge < -0.3 is 14.8 Å². The Morgan fingerprint density at radius 1 is 1.52 bits per heavy atom. The van der Waals surface area contributed by atoms with Gasteiger partial charge in [-0.3, -0.25) is 5.10 Å². The Morgan fingerprint density at radius 3 is 2.83 bits per heavy atom. The van der Waals surface area contributed by atoms with E-state index in [-0.39, 0.29) is 12.1 Å². The Labute approximate surface area is 140 Å². The van der Waals surface area contributed by atoms with Gasteiger partial charge in [0.2, 0.25) is 0 Å². The van der Waals surface area contributed by atoms with Gasteiger partial charge in [0.25, 0.3) is 0 Å². The third-order valence-electron chi connectivity index (χ3n) is 3.89. The van der Waals surface area contributed by atoms with Gasteiger partial charge in [0.05, 0.1) is 11.7 Å². The minimum atomic E-state index is -0.0852. The van der Waals surface area contributed by atoms with E-state index >= 15 is 0 Å². The number of aromatic nitrogens is 4. The van der Waals surface area contributed by atoms with Crippen LogP contribution in [0.25, 0.3) is 0 Å². The lowest BCUT2D eigenvalue weighted by atomic mass is 10.1. The topological polar surface area (TPSA) is 78.8 Å². The summed E-state index contributed by atoms with van der Waals surface area (Å²) >= 11 is 1.62. The highest BCUT2D eigenvalue weighted by Gasteiger charge is 2.21. The fourth-order valence-electron chi connectivity index (χ4n) is 2.46. The van der Waals surface area contributed by atoms with Crippen LogP contribution in [-0.4, -0.2) is 50.0 Å². The van der Waals surface area contributed by atoms with Crippen LogP contribution in [0.1, 0.15) is 29.9 Å². The van der Waals surface area contributed by atoms with Crippen molar-refractivity contribution in [1.29, 1.82) is 0 Å². The molecule has 2 N–H and O–H groups in total. The Balaban J connectivity index is 1.82. The molecular weight excluding hydrogens is 312 g/mol. The molecule has 0 aliphatic rings. The van der Waals surface area contributed by atoms with Gasteiger partial charge in [0.15, 0.2) is 5.16 Å². The van der Waals surface area contributed by atoms with Crippen molar-refractivity contribution in [2.75, 3.05) is 19.3 Å². The molecule has 8 heteroatoms. The third-order valence-corrected chi connectivity index (χ3v) is 4.95. The van der Waals surface area contributed by atoms with Crippen LogP contribution in [0.15, 0.2) is 17.6 Å². The second-order valence-corrected chi connectivity index (χ2v) is 6.60. The summed E-state index contributed by atoms with van der Waals surface area (Å²) in [6.45, 7) is 6.52. The number of imidazole rings is 1. The number of aromatic amines is 1. The number of nitrogens with zero attached hydrogens (tertiary/aromatic N) is 4. The molecule has 1 atom stereocenters. The summed E-state index contributed by atoms with van der Waals surface area (Å²) in [6, 6.07) is -0.117. The van der Waals surface area contributed by atoms with Crippen molar-refractivity contribution in [2.24, 2.45) is 7.05 Å². The van der Waals surface area contributed by atoms with Crippen LogP contribution in [0.3, 0.4) is 0 Å². The molecule has 0 aromatic carbocycles. The van der Waals surface area contributed by atoms with Crippen LogP contribution in [-0.2, 0) is 7.05 Å². The van der Waals surface area contributed by atoms with Crippen LogP contribution in [0.5, 0.6) is 0 Å². The summed E-state index contributed by atoms with van der Waals surface area (Å²) in [7, 11) is 3.76. The van der Waals surface area contributed by atoms with E-state index in [0.717, 1.165) is 27.9 Å². The molecule has 0 radical (unpaired) electrons. The van der Waals surface area contributed by atoms with E-state index in [4.69, 9.17) is 0 Å². The van der Waals surface area contributed by atoms with E-state index in [1.807, 2.05) is 38.6 Å². The highest BCUT2D eigenvalue weighted by atomic mass is 32.2. The molecule has 2 aromatic heterocycles. The Bertz CT molecular complexity index is 645. The lowest BCUT2D eigenvalue weighted by molar-refractivity contribution is 0.195. The largest absolute Gasteiger partial charge is 0.337 e. The molecule has 0 bridgehead atoms. The first-order valence-corrected chi connectivity index (χ1v) is 8.52. The number of carbonyl (C=O) groups excluding carboxylic acids is 1. The van der Waals surface area contributed by atoms with E-state index in [2.05, 4.69) is 20.5 Å². The van der Waals surface area contributed by atoms with Crippen molar-refractivity contribution in [3.63, 3.8) is 0 Å². The molecule has 0 aliphatic heterocycles. The zero-order valence-corrected chi connectivity index (χ0v) is 15.1. The fourth-order valence-corrected chi connectivity index (χ4v) is 3.25. The van der Waals surface area contributed by atoms with Gasteiger partial charge in [-0.25, -0.2) is 9.78 Å². The molecule has 0 fully saturated rings. The first-order chi connectivity index (χ1) is 10.9. The van der Waals surface area contributed by atoms with E-state index < -0.39 is 0 Å². The minimum Gasteiger partial charge on any atom is -0.337 e. The average Bonchev–Trinajstić information content (AvgIpc) is 3.08. The summed E-state index contributed by atoms with van der Waals surface area (Å²) in [5.41, 5.74) is 3.00. The Morgan fingerprint density at radius 2 is 2.26 bits per heavy atom. The van der Waals surface area contributed by atoms with Crippen LogP contribution in [0, 0.1) is 13.8 Å². The molecule has 0 unspecified atom stereocenters. The number of carbonyl (C=O) groups is 1. The number of rotatable bonds is 6. The zero-order valence-electron chi connectivity index (χ0n) is 14.3. The fraction of sp³-hybridized carbons (Fsp3) is 0.533. The standard InChI is InChI=1S/C15H24N6OS/c1-10-13(11(2)19-18-10)12(3)21(5)14(22)16-7-9-23-15-17-6-8-20(15)4/h6,8,12H,7,9H2,1-5H3,(H,16,22)(H,18,19)/t12-/m0/s1. The number of thioether (sulfide) groups is 1. The van der Waals surface area contributed by atoms with E-state index in [1.54, 1.807) is 29.9 Å². The maximum atomic E-state index is 12.3. The van der Waals surface area contributed by atoms with Crippen molar-refractivity contribution in [2.45, 2.75) is 32.0 Å². The summed E-state index contributed by atoms with van der Waals surface area (Å²) in [5.74, 6) is 0.780.